The van der Waals surface area contributed by atoms with Gasteiger partial charge in [-0.2, -0.15) is 0 Å². The van der Waals surface area contributed by atoms with Gasteiger partial charge in [0, 0.05) is 28.3 Å². The van der Waals surface area contributed by atoms with Crippen LogP contribution in [0.2, 0.25) is 10.0 Å². The number of halogens is 2. The van der Waals surface area contributed by atoms with Gasteiger partial charge in [-0.25, -0.2) is 4.98 Å². The molecule has 0 N–H and O–H groups in total. The first-order valence-electron chi connectivity index (χ1n) is 9.71. The van der Waals surface area contributed by atoms with E-state index in [1.807, 2.05) is 12.1 Å². The Morgan fingerprint density at radius 3 is 2.55 bits per heavy atom. The predicted octanol–water partition coefficient (Wildman–Crippen LogP) is 7.72. The third-order valence-electron chi connectivity index (χ3n) is 4.86. The van der Waals surface area contributed by atoms with Crippen molar-refractivity contribution >= 4 is 51.9 Å². The fraction of sp³-hybridized carbons (Fsp3) is 0. The van der Waals surface area contributed by atoms with Gasteiger partial charge in [0.25, 0.3) is 5.69 Å². The standard InChI is InChI=1S/C24H13Cl2N3O4/c25-15-3-1-14(2-4-15)24-28-21-11-16(5-9-23(21)33-24)27-13-18-7-10-22(32-18)19-12-17(29(30)31)6-8-20(19)26/h1-13H. The highest BCUT2D eigenvalue weighted by Crippen LogP contribution is 2.33. The molecule has 0 radical (unpaired) electrons. The number of non-ortho nitro benzene ring substituents is 1. The lowest BCUT2D eigenvalue weighted by Crippen LogP contribution is -1.88. The molecule has 3 aromatic carbocycles. The Labute approximate surface area is 197 Å². The molecule has 0 fully saturated rings. The quantitative estimate of drug-likeness (QED) is 0.146. The Morgan fingerprint density at radius 1 is 0.939 bits per heavy atom. The van der Waals surface area contributed by atoms with E-state index in [4.69, 9.17) is 32.0 Å². The number of aromatic nitrogens is 1. The molecule has 0 spiro atoms. The van der Waals surface area contributed by atoms with Crippen LogP contribution in [-0.4, -0.2) is 16.1 Å². The van der Waals surface area contributed by atoms with Crippen LogP contribution in [0.25, 0.3) is 33.9 Å². The number of rotatable bonds is 5. The van der Waals surface area contributed by atoms with E-state index in [9.17, 15) is 10.1 Å². The molecule has 2 aromatic heterocycles. The molecule has 0 atom stereocenters. The van der Waals surface area contributed by atoms with Crippen molar-refractivity contribution in [3.63, 3.8) is 0 Å². The van der Waals surface area contributed by atoms with Crippen LogP contribution in [0.1, 0.15) is 5.76 Å². The SMILES string of the molecule is O=[N+]([O-])c1ccc(Cl)c(-c2ccc(C=Nc3ccc4oc(-c5ccc(Cl)cc5)nc4c3)o2)c1. The minimum atomic E-state index is -0.483. The number of furan rings is 1. The number of nitro benzene ring substituents is 1. The normalized spacial score (nSPS) is 11.5. The zero-order chi connectivity index (χ0) is 22.9. The monoisotopic (exact) mass is 477 g/mol. The minimum absolute atomic E-state index is 0.0695. The molecule has 33 heavy (non-hydrogen) atoms. The van der Waals surface area contributed by atoms with Gasteiger partial charge in [0.05, 0.1) is 21.8 Å². The molecule has 5 rings (SSSR count). The number of hydrogen-bond acceptors (Lipinski definition) is 6. The van der Waals surface area contributed by atoms with Crippen molar-refractivity contribution < 1.29 is 13.8 Å². The number of fused-ring (bicyclic) bond motifs is 1. The topological polar surface area (TPSA) is 94.7 Å². The minimum Gasteiger partial charge on any atom is -0.455 e. The molecule has 2 heterocycles. The Morgan fingerprint density at radius 2 is 1.76 bits per heavy atom. The lowest BCUT2D eigenvalue weighted by molar-refractivity contribution is -0.384. The van der Waals surface area contributed by atoms with E-state index in [1.54, 1.807) is 48.7 Å². The molecular formula is C24H13Cl2N3O4. The highest BCUT2D eigenvalue weighted by atomic mass is 35.5. The molecule has 0 aliphatic carbocycles. The van der Waals surface area contributed by atoms with Crippen LogP contribution in [0.15, 0.2) is 86.6 Å². The van der Waals surface area contributed by atoms with Gasteiger partial charge in [-0.1, -0.05) is 23.2 Å². The second-order valence-corrected chi connectivity index (χ2v) is 7.90. The third kappa shape index (κ3) is 4.37. The predicted molar refractivity (Wildman–Crippen MR) is 128 cm³/mol. The van der Waals surface area contributed by atoms with Crippen LogP contribution < -0.4 is 0 Å². The molecule has 0 aliphatic rings. The molecule has 0 saturated carbocycles. The lowest BCUT2D eigenvalue weighted by Gasteiger charge is -2.00. The number of aliphatic imine (C=N–C) groups is 1. The second-order valence-electron chi connectivity index (χ2n) is 7.06. The summed E-state index contributed by atoms with van der Waals surface area (Å²) in [6.07, 6.45) is 1.55. The molecule has 9 heteroatoms. The number of benzene rings is 3. The van der Waals surface area contributed by atoms with Gasteiger partial charge in [0.1, 0.15) is 17.0 Å². The largest absolute Gasteiger partial charge is 0.455 e. The number of nitrogens with zero attached hydrogens (tertiary/aromatic N) is 3. The van der Waals surface area contributed by atoms with Crippen LogP contribution in [-0.2, 0) is 0 Å². The van der Waals surface area contributed by atoms with Gasteiger partial charge in [0.2, 0.25) is 5.89 Å². The van der Waals surface area contributed by atoms with E-state index in [0.717, 1.165) is 5.56 Å². The van der Waals surface area contributed by atoms with Crippen LogP contribution in [0.3, 0.4) is 0 Å². The van der Waals surface area contributed by atoms with Crippen molar-refractivity contribution in [1.29, 1.82) is 0 Å². The smallest absolute Gasteiger partial charge is 0.270 e. The summed E-state index contributed by atoms with van der Waals surface area (Å²) >= 11 is 12.1. The Kier molecular flexibility index (Phi) is 5.42. The highest BCUT2D eigenvalue weighted by molar-refractivity contribution is 6.33. The van der Waals surface area contributed by atoms with Gasteiger partial charge in [-0.3, -0.25) is 15.1 Å². The van der Waals surface area contributed by atoms with Gasteiger partial charge in [-0.15, -0.1) is 0 Å². The molecule has 0 saturated heterocycles. The zero-order valence-corrected chi connectivity index (χ0v) is 18.2. The fourth-order valence-electron chi connectivity index (χ4n) is 3.23. The number of nitro groups is 1. The Bertz CT molecular complexity index is 1520. The molecule has 0 bridgehead atoms. The summed E-state index contributed by atoms with van der Waals surface area (Å²) in [5, 5.41) is 12.0. The van der Waals surface area contributed by atoms with E-state index in [1.165, 1.54) is 18.2 Å². The summed E-state index contributed by atoms with van der Waals surface area (Å²) in [5.41, 5.74) is 3.15. The maximum absolute atomic E-state index is 11.0. The first-order chi connectivity index (χ1) is 16.0. The van der Waals surface area contributed by atoms with E-state index >= 15 is 0 Å². The maximum Gasteiger partial charge on any atom is 0.270 e. The van der Waals surface area contributed by atoms with Crippen molar-refractivity contribution in [2.45, 2.75) is 0 Å². The molecule has 0 aliphatic heterocycles. The lowest BCUT2D eigenvalue weighted by atomic mass is 10.1. The van der Waals surface area contributed by atoms with Crippen molar-refractivity contribution in [3.05, 3.63) is 98.7 Å². The molecule has 0 amide bonds. The molecular weight excluding hydrogens is 465 g/mol. The van der Waals surface area contributed by atoms with Crippen molar-refractivity contribution in [3.8, 4) is 22.8 Å². The van der Waals surface area contributed by atoms with Crippen LogP contribution in [0, 0.1) is 10.1 Å². The first-order valence-corrected chi connectivity index (χ1v) is 10.5. The number of oxazole rings is 1. The second kappa shape index (κ2) is 8.54. The van der Waals surface area contributed by atoms with Crippen molar-refractivity contribution in [2.75, 3.05) is 0 Å². The van der Waals surface area contributed by atoms with Gasteiger partial charge in [0.15, 0.2) is 5.58 Å². The summed E-state index contributed by atoms with van der Waals surface area (Å²) in [5.74, 6) is 1.37. The van der Waals surface area contributed by atoms with Crippen molar-refractivity contribution in [1.82, 2.24) is 4.98 Å². The summed E-state index contributed by atoms with van der Waals surface area (Å²) in [6.45, 7) is 0. The summed E-state index contributed by atoms with van der Waals surface area (Å²) in [7, 11) is 0. The van der Waals surface area contributed by atoms with Gasteiger partial charge < -0.3 is 8.83 Å². The van der Waals surface area contributed by atoms with Crippen LogP contribution >= 0.6 is 23.2 Å². The Hall–Kier alpha value is -3.94. The van der Waals surface area contributed by atoms with Crippen molar-refractivity contribution in [2.24, 2.45) is 4.99 Å². The molecule has 5 aromatic rings. The first kappa shape index (κ1) is 20.9. The van der Waals surface area contributed by atoms with Crippen LogP contribution in [0.5, 0.6) is 0 Å². The third-order valence-corrected chi connectivity index (χ3v) is 5.44. The molecule has 162 valence electrons. The van der Waals surface area contributed by atoms with E-state index < -0.39 is 4.92 Å². The highest BCUT2D eigenvalue weighted by Gasteiger charge is 2.14. The Balaban J connectivity index is 1.39. The molecule has 7 nitrogen and oxygen atoms in total. The number of hydrogen-bond donors (Lipinski definition) is 0. The average Bonchev–Trinajstić information content (AvgIpc) is 3.45. The van der Waals surface area contributed by atoms with E-state index in [-0.39, 0.29) is 5.69 Å². The summed E-state index contributed by atoms with van der Waals surface area (Å²) in [6, 6.07) is 20.2. The van der Waals surface area contributed by atoms with Gasteiger partial charge in [-0.05, 0) is 60.7 Å². The van der Waals surface area contributed by atoms with E-state index in [2.05, 4.69) is 9.98 Å². The maximum atomic E-state index is 11.0. The summed E-state index contributed by atoms with van der Waals surface area (Å²) in [4.78, 5) is 19.5. The zero-order valence-electron chi connectivity index (χ0n) is 16.7. The summed E-state index contributed by atoms with van der Waals surface area (Å²) < 4.78 is 11.6. The molecule has 0 unspecified atom stereocenters. The fourth-order valence-corrected chi connectivity index (χ4v) is 3.57. The van der Waals surface area contributed by atoms with Gasteiger partial charge >= 0.3 is 0 Å². The van der Waals surface area contributed by atoms with Crippen LogP contribution in [0.4, 0.5) is 11.4 Å². The van der Waals surface area contributed by atoms with E-state index in [0.29, 0.717) is 49.8 Å². The average molecular weight is 478 g/mol.